The zero-order chi connectivity index (χ0) is 17.4. The van der Waals surface area contributed by atoms with Crippen LogP contribution in [-0.4, -0.2) is 18.1 Å². The number of hydrogen-bond donors (Lipinski definition) is 1. The molecule has 4 rings (SSSR count). The van der Waals surface area contributed by atoms with Gasteiger partial charge >= 0.3 is 5.97 Å². The number of ether oxygens (including phenoxy) is 1. The summed E-state index contributed by atoms with van der Waals surface area (Å²) in [5.74, 6) is -0.329. The Morgan fingerprint density at radius 1 is 1.16 bits per heavy atom. The van der Waals surface area contributed by atoms with Gasteiger partial charge in [-0.25, -0.2) is 4.79 Å². The molecule has 0 bridgehead atoms. The standard InChI is InChI=1S/C21H20N2O2/c1-13-9-10-19-17(11-13)20(16-7-4-8-18(16)23-19)22-15-6-3-5-14(12-15)21(24)25-2/h3,5-6,9-12H,4,7-8H2,1-2H3,(H,22,23). The molecule has 0 unspecified atom stereocenters. The van der Waals surface area contributed by atoms with Gasteiger partial charge < -0.3 is 10.1 Å². The summed E-state index contributed by atoms with van der Waals surface area (Å²) in [7, 11) is 1.40. The average Bonchev–Trinajstić information content (AvgIpc) is 3.10. The molecule has 4 nitrogen and oxygen atoms in total. The van der Waals surface area contributed by atoms with E-state index in [1.165, 1.54) is 23.9 Å². The Hall–Kier alpha value is -2.88. The van der Waals surface area contributed by atoms with Gasteiger partial charge in [0.25, 0.3) is 0 Å². The molecule has 0 atom stereocenters. The zero-order valence-corrected chi connectivity index (χ0v) is 14.4. The molecule has 3 aromatic rings. The van der Waals surface area contributed by atoms with Crippen LogP contribution < -0.4 is 5.32 Å². The molecule has 4 heteroatoms. The number of pyridine rings is 1. The summed E-state index contributed by atoms with van der Waals surface area (Å²) >= 11 is 0. The monoisotopic (exact) mass is 332 g/mol. The largest absolute Gasteiger partial charge is 0.465 e. The van der Waals surface area contributed by atoms with E-state index >= 15 is 0 Å². The second-order valence-electron chi connectivity index (χ2n) is 6.48. The smallest absolute Gasteiger partial charge is 0.337 e. The molecule has 1 aliphatic rings. The number of hydrogen-bond acceptors (Lipinski definition) is 4. The van der Waals surface area contributed by atoms with Gasteiger partial charge in [0, 0.05) is 16.8 Å². The van der Waals surface area contributed by atoms with Gasteiger partial charge in [-0.2, -0.15) is 0 Å². The lowest BCUT2D eigenvalue weighted by Crippen LogP contribution is -2.03. The van der Waals surface area contributed by atoms with E-state index in [0.29, 0.717) is 5.56 Å². The fraction of sp³-hybridized carbons (Fsp3) is 0.238. The van der Waals surface area contributed by atoms with Crippen LogP contribution in [0.5, 0.6) is 0 Å². The van der Waals surface area contributed by atoms with Crippen molar-refractivity contribution in [3.8, 4) is 0 Å². The molecule has 25 heavy (non-hydrogen) atoms. The maximum Gasteiger partial charge on any atom is 0.337 e. The number of carbonyl (C=O) groups is 1. The number of carbonyl (C=O) groups excluding carboxylic acids is 1. The van der Waals surface area contributed by atoms with Crippen molar-refractivity contribution in [3.05, 3.63) is 64.8 Å². The van der Waals surface area contributed by atoms with Crippen molar-refractivity contribution in [3.63, 3.8) is 0 Å². The molecule has 0 saturated carbocycles. The van der Waals surface area contributed by atoms with Crippen molar-refractivity contribution in [2.45, 2.75) is 26.2 Å². The zero-order valence-electron chi connectivity index (χ0n) is 14.4. The predicted molar refractivity (Wildman–Crippen MR) is 99.6 cm³/mol. The summed E-state index contributed by atoms with van der Waals surface area (Å²) in [5, 5.41) is 4.67. The quantitative estimate of drug-likeness (QED) is 0.714. The van der Waals surface area contributed by atoms with Gasteiger partial charge in [-0.1, -0.05) is 17.7 Å². The third-order valence-electron chi connectivity index (χ3n) is 4.72. The van der Waals surface area contributed by atoms with E-state index in [2.05, 4.69) is 30.4 Å². The van der Waals surface area contributed by atoms with Crippen LogP contribution >= 0.6 is 0 Å². The van der Waals surface area contributed by atoms with Gasteiger partial charge in [0.15, 0.2) is 0 Å². The summed E-state index contributed by atoms with van der Waals surface area (Å²) in [5.41, 5.74) is 7.23. The Morgan fingerprint density at radius 3 is 2.88 bits per heavy atom. The summed E-state index contributed by atoms with van der Waals surface area (Å²) in [6.45, 7) is 2.09. The molecule has 1 aliphatic carbocycles. The summed E-state index contributed by atoms with van der Waals surface area (Å²) < 4.78 is 4.82. The SMILES string of the molecule is COC(=O)c1cccc(Nc2c3c(nc4ccc(C)cc24)CCC3)c1. The number of nitrogens with one attached hydrogen (secondary N) is 1. The highest BCUT2D eigenvalue weighted by Crippen LogP contribution is 2.36. The van der Waals surface area contributed by atoms with E-state index in [1.54, 1.807) is 6.07 Å². The molecule has 1 aromatic heterocycles. The van der Waals surface area contributed by atoms with E-state index in [0.717, 1.165) is 41.5 Å². The lowest BCUT2D eigenvalue weighted by molar-refractivity contribution is 0.0601. The average molecular weight is 332 g/mol. The van der Waals surface area contributed by atoms with Crippen molar-refractivity contribution >= 4 is 28.2 Å². The van der Waals surface area contributed by atoms with Crippen molar-refractivity contribution in [1.82, 2.24) is 4.98 Å². The topological polar surface area (TPSA) is 51.2 Å². The van der Waals surface area contributed by atoms with Crippen LogP contribution in [0, 0.1) is 6.92 Å². The molecule has 2 aromatic carbocycles. The lowest BCUT2D eigenvalue weighted by Gasteiger charge is -2.15. The Kier molecular flexibility index (Phi) is 3.88. The number of aryl methyl sites for hydroxylation is 2. The number of anilines is 2. The van der Waals surface area contributed by atoms with Crippen molar-refractivity contribution in [2.24, 2.45) is 0 Å². The van der Waals surface area contributed by atoms with Gasteiger partial charge in [0.05, 0.1) is 23.9 Å². The second-order valence-corrected chi connectivity index (χ2v) is 6.48. The molecule has 0 amide bonds. The highest BCUT2D eigenvalue weighted by molar-refractivity contribution is 5.97. The van der Waals surface area contributed by atoms with Gasteiger partial charge in [-0.05, 0) is 62.1 Å². The van der Waals surface area contributed by atoms with Crippen LogP contribution in [0.4, 0.5) is 11.4 Å². The molecule has 0 aliphatic heterocycles. The summed E-state index contributed by atoms with van der Waals surface area (Å²) in [6.07, 6.45) is 3.19. The van der Waals surface area contributed by atoms with Crippen LogP contribution in [0.25, 0.3) is 10.9 Å². The third-order valence-corrected chi connectivity index (χ3v) is 4.72. The van der Waals surface area contributed by atoms with Crippen molar-refractivity contribution in [1.29, 1.82) is 0 Å². The lowest BCUT2D eigenvalue weighted by atomic mass is 10.0. The fourth-order valence-electron chi connectivity index (χ4n) is 3.50. The Labute approximate surface area is 146 Å². The number of methoxy groups -OCH3 is 1. The molecular formula is C21H20N2O2. The van der Waals surface area contributed by atoms with Crippen LogP contribution in [0.3, 0.4) is 0 Å². The van der Waals surface area contributed by atoms with E-state index < -0.39 is 0 Å². The first-order valence-corrected chi connectivity index (χ1v) is 8.53. The third kappa shape index (κ3) is 2.84. The molecule has 0 saturated heterocycles. The normalized spacial score (nSPS) is 12.9. The van der Waals surface area contributed by atoms with Crippen molar-refractivity contribution in [2.75, 3.05) is 12.4 Å². The number of fused-ring (bicyclic) bond motifs is 2. The number of nitrogens with zero attached hydrogens (tertiary/aromatic N) is 1. The van der Waals surface area contributed by atoms with Crippen LogP contribution in [0.1, 0.15) is 33.6 Å². The van der Waals surface area contributed by atoms with Crippen LogP contribution in [0.2, 0.25) is 0 Å². The maximum atomic E-state index is 11.8. The van der Waals surface area contributed by atoms with Crippen LogP contribution in [0.15, 0.2) is 42.5 Å². The van der Waals surface area contributed by atoms with Crippen LogP contribution in [-0.2, 0) is 17.6 Å². The molecule has 1 N–H and O–H groups in total. The minimum Gasteiger partial charge on any atom is -0.465 e. The molecule has 0 fully saturated rings. The first-order chi connectivity index (χ1) is 12.2. The Morgan fingerprint density at radius 2 is 2.04 bits per heavy atom. The Bertz CT molecular complexity index is 979. The molecule has 126 valence electrons. The second kappa shape index (κ2) is 6.20. The first kappa shape index (κ1) is 15.6. The van der Waals surface area contributed by atoms with Gasteiger partial charge in [0.1, 0.15) is 0 Å². The summed E-state index contributed by atoms with van der Waals surface area (Å²) in [6, 6.07) is 13.8. The molecule has 0 spiro atoms. The van der Waals surface area contributed by atoms with Gasteiger partial charge in [0.2, 0.25) is 0 Å². The van der Waals surface area contributed by atoms with Crippen molar-refractivity contribution < 1.29 is 9.53 Å². The number of rotatable bonds is 3. The molecular weight excluding hydrogens is 312 g/mol. The van der Waals surface area contributed by atoms with E-state index in [1.807, 2.05) is 18.2 Å². The number of aromatic nitrogens is 1. The minimum atomic E-state index is -0.329. The molecule has 1 heterocycles. The van der Waals surface area contributed by atoms with E-state index in [4.69, 9.17) is 9.72 Å². The predicted octanol–water partition coefficient (Wildman–Crippen LogP) is 4.56. The Balaban J connectivity index is 1.84. The van der Waals surface area contributed by atoms with E-state index in [-0.39, 0.29) is 5.97 Å². The first-order valence-electron chi connectivity index (χ1n) is 8.53. The molecule has 0 radical (unpaired) electrons. The number of esters is 1. The van der Waals surface area contributed by atoms with Gasteiger partial charge in [-0.3, -0.25) is 4.98 Å². The van der Waals surface area contributed by atoms with Gasteiger partial charge in [-0.15, -0.1) is 0 Å². The summed E-state index contributed by atoms with van der Waals surface area (Å²) in [4.78, 5) is 16.6. The highest BCUT2D eigenvalue weighted by Gasteiger charge is 2.20. The van der Waals surface area contributed by atoms with E-state index in [9.17, 15) is 4.79 Å². The number of benzene rings is 2. The fourth-order valence-corrected chi connectivity index (χ4v) is 3.50. The maximum absolute atomic E-state index is 11.8. The minimum absolute atomic E-state index is 0.329. The highest BCUT2D eigenvalue weighted by atomic mass is 16.5.